The smallest absolute Gasteiger partial charge is 0.162 e. The molecule has 0 aromatic carbocycles. The lowest BCUT2D eigenvalue weighted by Gasteiger charge is -2.36. The number of hydrogen-bond acceptors (Lipinski definition) is 7. The molecule has 0 spiro atoms. The molecule has 0 unspecified atom stereocenters. The van der Waals surface area contributed by atoms with E-state index in [0.717, 1.165) is 60.6 Å². The number of piperidine rings is 1. The predicted molar refractivity (Wildman–Crippen MR) is 128 cm³/mol. The summed E-state index contributed by atoms with van der Waals surface area (Å²) in [5, 5.41) is 27.5. The number of hydrogen-bond donors (Lipinski definition) is 3. The van der Waals surface area contributed by atoms with Crippen LogP contribution in [0.3, 0.4) is 0 Å². The third kappa shape index (κ3) is 4.68. The van der Waals surface area contributed by atoms with Crippen LogP contribution in [0.15, 0.2) is 36.2 Å². The summed E-state index contributed by atoms with van der Waals surface area (Å²) in [4.78, 5) is 7.32. The van der Waals surface area contributed by atoms with E-state index in [-0.39, 0.29) is 6.61 Å². The van der Waals surface area contributed by atoms with Gasteiger partial charge in [0, 0.05) is 64.6 Å². The number of hydroxylamine groups is 1. The molecule has 1 atom stereocenters. The predicted octanol–water partition coefficient (Wildman–Crippen LogP) is 3.28. The van der Waals surface area contributed by atoms with E-state index in [1.165, 1.54) is 9.70 Å². The topological polar surface area (TPSA) is 89.2 Å². The highest BCUT2D eigenvalue weighted by Crippen LogP contribution is 2.29. The lowest BCUT2D eigenvalue weighted by Crippen LogP contribution is -2.40. The summed E-state index contributed by atoms with van der Waals surface area (Å²) in [6.45, 7) is 3.84. The second-order valence-electron chi connectivity index (χ2n) is 7.54. The van der Waals surface area contributed by atoms with Crippen molar-refractivity contribution >= 4 is 42.3 Å². The summed E-state index contributed by atoms with van der Waals surface area (Å²) in [5.41, 5.74) is 2.99. The second kappa shape index (κ2) is 9.88. The van der Waals surface area contributed by atoms with Crippen LogP contribution in [0.1, 0.15) is 38.2 Å². The van der Waals surface area contributed by atoms with Crippen molar-refractivity contribution < 1.29 is 10.3 Å². The van der Waals surface area contributed by atoms with Crippen LogP contribution < -0.4 is 10.2 Å². The molecule has 0 radical (unpaired) electrons. The highest BCUT2D eigenvalue weighted by molar-refractivity contribution is 14.2. The van der Waals surface area contributed by atoms with Gasteiger partial charge in [-0.2, -0.15) is 9.61 Å². The number of aromatic nitrogens is 3. The lowest BCUT2D eigenvalue weighted by molar-refractivity contribution is 0.0920. The van der Waals surface area contributed by atoms with Gasteiger partial charge in [0.05, 0.1) is 6.20 Å². The van der Waals surface area contributed by atoms with Crippen LogP contribution in [0, 0.1) is 0 Å². The molecule has 30 heavy (non-hydrogen) atoms. The third-order valence-electron chi connectivity index (χ3n) is 5.58. The van der Waals surface area contributed by atoms with E-state index < -0.39 is 21.0 Å². The highest BCUT2D eigenvalue weighted by Gasteiger charge is 2.24. The number of rotatable bonds is 7. The Kier molecular flexibility index (Phi) is 7.00. The van der Waals surface area contributed by atoms with E-state index in [0.29, 0.717) is 12.6 Å². The maximum Gasteiger partial charge on any atom is 0.162 e. The molecule has 1 saturated heterocycles. The normalized spacial score (nSPS) is 19.6. The molecule has 1 fully saturated rings. The Bertz CT molecular complexity index is 968. The van der Waals surface area contributed by atoms with Gasteiger partial charge in [-0.15, -0.1) is 0 Å². The van der Waals surface area contributed by atoms with Crippen LogP contribution in [0.5, 0.6) is 0 Å². The van der Waals surface area contributed by atoms with E-state index in [4.69, 9.17) is 4.98 Å². The first-order chi connectivity index (χ1) is 14.7. The van der Waals surface area contributed by atoms with Gasteiger partial charge in [-0.1, -0.05) is 19.1 Å². The van der Waals surface area contributed by atoms with Gasteiger partial charge in [0.25, 0.3) is 0 Å². The number of allylic oxidation sites excluding steroid dienone is 1. The zero-order valence-electron chi connectivity index (χ0n) is 17.2. The highest BCUT2D eigenvalue weighted by atomic mass is 127. The van der Waals surface area contributed by atoms with Gasteiger partial charge >= 0.3 is 0 Å². The minimum Gasteiger partial charge on any atom is -0.396 e. The van der Waals surface area contributed by atoms with Gasteiger partial charge in [-0.3, -0.25) is 5.21 Å². The summed E-state index contributed by atoms with van der Waals surface area (Å²) in [7, 11) is 0. The van der Waals surface area contributed by atoms with Crippen LogP contribution in [0.2, 0.25) is 0 Å². The van der Waals surface area contributed by atoms with Gasteiger partial charge in [0.1, 0.15) is 11.6 Å². The van der Waals surface area contributed by atoms with Crippen molar-refractivity contribution in [2.45, 2.75) is 45.1 Å². The molecule has 0 bridgehead atoms. The van der Waals surface area contributed by atoms with Crippen molar-refractivity contribution in [1.29, 1.82) is 0 Å². The van der Waals surface area contributed by atoms with Crippen molar-refractivity contribution in [1.82, 2.24) is 17.9 Å². The van der Waals surface area contributed by atoms with E-state index in [9.17, 15) is 10.3 Å². The molecule has 2 aliphatic heterocycles. The van der Waals surface area contributed by atoms with Gasteiger partial charge in [-0.25, -0.2) is 8.26 Å². The molecule has 0 saturated carbocycles. The number of fused-ring (bicyclic) bond motifs is 1. The SMILES string of the molecule is CCc1cnn2c(NCC3=CN(O)I=CC=C3)cc(N3CCCC[C@H]3CCO)nc12. The van der Waals surface area contributed by atoms with Crippen molar-refractivity contribution in [3.8, 4) is 0 Å². The Balaban J connectivity index is 1.67. The first-order valence-corrected chi connectivity index (χ1v) is 12.7. The Morgan fingerprint density at radius 3 is 3.07 bits per heavy atom. The molecule has 8 nitrogen and oxygen atoms in total. The first-order valence-electron chi connectivity index (χ1n) is 10.5. The number of aryl methyl sites for hydroxylation is 1. The number of nitrogens with one attached hydrogen (secondary N) is 1. The number of aliphatic hydroxyl groups is 1. The van der Waals surface area contributed by atoms with Crippen molar-refractivity contribution in [3.63, 3.8) is 0 Å². The molecule has 2 aromatic heterocycles. The number of aliphatic hydroxyl groups excluding tert-OH is 1. The van der Waals surface area contributed by atoms with Crippen LogP contribution in [0.25, 0.3) is 5.65 Å². The Morgan fingerprint density at radius 1 is 1.33 bits per heavy atom. The van der Waals surface area contributed by atoms with Crippen LogP contribution in [-0.4, -0.2) is 57.9 Å². The molecule has 162 valence electrons. The summed E-state index contributed by atoms with van der Waals surface area (Å²) in [6, 6.07) is 2.38. The maximum atomic E-state index is 9.91. The monoisotopic (exact) mass is 524 g/mol. The van der Waals surface area contributed by atoms with Gasteiger partial charge in [0.2, 0.25) is 0 Å². The summed E-state index contributed by atoms with van der Waals surface area (Å²) >= 11 is -0.503. The molecule has 4 rings (SSSR count). The van der Waals surface area contributed by atoms with Crippen molar-refractivity contribution in [3.05, 3.63) is 41.8 Å². The number of nitrogens with zero attached hydrogens (tertiary/aromatic N) is 5. The Morgan fingerprint density at radius 2 is 2.23 bits per heavy atom. The quantitative estimate of drug-likeness (QED) is 0.379. The van der Waals surface area contributed by atoms with Crippen molar-refractivity contribution in [2.24, 2.45) is 0 Å². The molecule has 0 aliphatic carbocycles. The van der Waals surface area contributed by atoms with Gasteiger partial charge in [0.15, 0.2) is 5.65 Å². The second-order valence-corrected chi connectivity index (χ2v) is 9.81. The maximum absolute atomic E-state index is 9.91. The lowest BCUT2D eigenvalue weighted by atomic mass is 9.99. The van der Waals surface area contributed by atoms with Gasteiger partial charge < -0.3 is 15.3 Å². The molecule has 3 N–H and O–H groups in total. The summed E-state index contributed by atoms with van der Waals surface area (Å²) < 4.78 is 5.17. The zero-order chi connectivity index (χ0) is 20.9. The Hall–Kier alpha value is -1.98. The van der Waals surface area contributed by atoms with Crippen LogP contribution in [0.4, 0.5) is 11.6 Å². The van der Waals surface area contributed by atoms with Crippen molar-refractivity contribution in [2.75, 3.05) is 29.9 Å². The standard InChI is InChI=1S/C21H29IN6O2/c1-2-17-14-24-28-19(23-13-16-6-5-9-22-27(30)15-16)12-20(25-21(17)28)26-10-4-3-7-18(26)8-11-29/h5-6,9,12,14-15,18,23,29-30H,2-4,7-8,10-11,13H2,1H3/t18-/m0/s1. The average molecular weight is 524 g/mol. The third-order valence-corrected chi connectivity index (χ3v) is 7.17. The van der Waals surface area contributed by atoms with E-state index in [1.807, 2.05) is 26.9 Å². The number of anilines is 2. The van der Waals surface area contributed by atoms with E-state index in [1.54, 1.807) is 6.20 Å². The largest absolute Gasteiger partial charge is 0.396 e. The summed E-state index contributed by atoms with van der Waals surface area (Å²) in [5.74, 6) is 1.82. The molecule has 4 heterocycles. The Labute approximate surface area is 187 Å². The zero-order valence-corrected chi connectivity index (χ0v) is 19.4. The fourth-order valence-corrected chi connectivity index (χ4v) is 5.27. The molecule has 0 amide bonds. The fraction of sp³-hybridized carbons (Fsp3) is 0.476. The molecule has 9 heteroatoms. The van der Waals surface area contributed by atoms with Crippen LogP contribution in [-0.2, 0) is 6.42 Å². The van der Waals surface area contributed by atoms with Crippen LogP contribution >= 0.6 is 21.0 Å². The van der Waals surface area contributed by atoms with E-state index in [2.05, 4.69) is 28.3 Å². The molecule has 2 aliphatic rings. The van der Waals surface area contributed by atoms with E-state index >= 15 is 0 Å². The minimum atomic E-state index is -0.503. The fourth-order valence-electron chi connectivity index (χ4n) is 4.02. The van der Waals surface area contributed by atoms with Gasteiger partial charge in [-0.05, 0) is 41.7 Å². The minimum absolute atomic E-state index is 0.194. The number of halogens is 1. The molecular formula is C21H29IN6O2. The molecule has 2 aromatic rings. The summed E-state index contributed by atoms with van der Waals surface area (Å²) in [6.07, 6.45) is 12.7. The first kappa shape index (κ1) is 21.3. The average Bonchev–Trinajstić information content (AvgIpc) is 3.06. The molecular weight excluding hydrogens is 495 g/mol.